The van der Waals surface area contributed by atoms with Crippen LogP contribution in [0.5, 0.6) is 17.2 Å². The van der Waals surface area contributed by atoms with Crippen LogP contribution in [-0.4, -0.2) is 36.3 Å². The van der Waals surface area contributed by atoms with Crippen molar-refractivity contribution in [2.75, 3.05) is 26.6 Å². The van der Waals surface area contributed by atoms with Gasteiger partial charge in [0.1, 0.15) is 17.2 Å². The second kappa shape index (κ2) is 10.9. The Morgan fingerprint density at radius 1 is 0.829 bits per heavy atom. The number of nitrogens with zero attached hydrogens (tertiary/aromatic N) is 1. The van der Waals surface area contributed by atoms with Crippen molar-refractivity contribution in [3.63, 3.8) is 0 Å². The summed E-state index contributed by atoms with van der Waals surface area (Å²) in [7, 11) is 4.88. The normalized spacial score (nSPS) is 10.6. The smallest absolute Gasteiger partial charge is 0.253 e. The highest BCUT2D eigenvalue weighted by atomic mass is 32.1. The molecule has 0 bridgehead atoms. The van der Waals surface area contributed by atoms with Crippen molar-refractivity contribution in [2.45, 2.75) is 13.1 Å². The van der Waals surface area contributed by atoms with E-state index in [1.54, 1.807) is 21.3 Å². The summed E-state index contributed by atoms with van der Waals surface area (Å²) in [6.45, 7) is 0.818. The summed E-state index contributed by atoms with van der Waals surface area (Å²) in [6, 6.07) is 22.7. The first kappa shape index (κ1) is 24.1. The molecule has 35 heavy (non-hydrogen) atoms. The van der Waals surface area contributed by atoms with Gasteiger partial charge in [0.25, 0.3) is 5.56 Å². The molecule has 0 aliphatic heterocycles. The molecule has 0 saturated carbocycles. The molecular formula is C27H27N3O4S. The monoisotopic (exact) mass is 489 g/mol. The summed E-state index contributed by atoms with van der Waals surface area (Å²) in [5, 5.41) is 4.66. The molecule has 0 unspecified atom stereocenters. The quantitative estimate of drug-likeness (QED) is 0.339. The van der Waals surface area contributed by atoms with Crippen LogP contribution in [0, 0.1) is 0 Å². The Labute approximate surface area is 209 Å². The molecule has 0 saturated heterocycles. The van der Waals surface area contributed by atoms with E-state index in [9.17, 15) is 4.79 Å². The summed E-state index contributed by atoms with van der Waals surface area (Å²) in [5.74, 6) is 2.26. The second-order valence-corrected chi connectivity index (χ2v) is 8.33. The molecule has 0 amide bonds. The molecule has 0 atom stereocenters. The number of aromatic nitrogens is 1. The number of nitrogens with one attached hydrogen (secondary N) is 2. The average Bonchev–Trinajstić information content (AvgIpc) is 2.89. The molecule has 2 N–H and O–H groups in total. The number of anilines is 1. The Bertz CT molecular complexity index is 1370. The molecule has 1 heterocycles. The number of H-pyrrole nitrogens is 1. The number of rotatable bonds is 8. The van der Waals surface area contributed by atoms with Gasteiger partial charge in [0.15, 0.2) is 5.11 Å². The first-order valence-corrected chi connectivity index (χ1v) is 11.4. The van der Waals surface area contributed by atoms with Gasteiger partial charge >= 0.3 is 0 Å². The van der Waals surface area contributed by atoms with Gasteiger partial charge in [-0.25, -0.2) is 0 Å². The average molecular weight is 490 g/mol. The highest BCUT2D eigenvalue weighted by Crippen LogP contribution is 2.21. The van der Waals surface area contributed by atoms with Crippen LogP contribution in [0.2, 0.25) is 0 Å². The molecule has 0 radical (unpaired) electrons. The Morgan fingerprint density at radius 3 is 2.06 bits per heavy atom. The summed E-state index contributed by atoms with van der Waals surface area (Å²) in [4.78, 5) is 17.8. The molecule has 1 aromatic heterocycles. The van der Waals surface area contributed by atoms with E-state index in [2.05, 4.69) is 10.3 Å². The van der Waals surface area contributed by atoms with Gasteiger partial charge in [-0.1, -0.05) is 12.1 Å². The predicted molar refractivity (Wildman–Crippen MR) is 143 cm³/mol. The fourth-order valence-electron chi connectivity index (χ4n) is 3.71. The van der Waals surface area contributed by atoms with Crippen LogP contribution in [0.15, 0.2) is 77.6 Å². The van der Waals surface area contributed by atoms with Crippen LogP contribution in [0.1, 0.15) is 11.1 Å². The molecular weight excluding hydrogens is 462 g/mol. The Balaban J connectivity index is 1.63. The molecule has 0 aliphatic carbocycles. The van der Waals surface area contributed by atoms with Crippen molar-refractivity contribution in [2.24, 2.45) is 0 Å². The molecule has 7 nitrogen and oxygen atoms in total. The van der Waals surface area contributed by atoms with Crippen molar-refractivity contribution in [3.8, 4) is 17.2 Å². The van der Waals surface area contributed by atoms with Gasteiger partial charge in [0.05, 0.1) is 27.9 Å². The fraction of sp³-hybridized carbons (Fsp3) is 0.185. The number of ether oxygens (including phenoxy) is 3. The second-order valence-electron chi connectivity index (χ2n) is 7.94. The largest absolute Gasteiger partial charge is 0.497 e. The first-order chi connectivity index (χ1) is 17.0. The lowest BCUT2D eigenvalue weighted by Gasteiger charge is -2.26. The number of aromatic amines is 1. The molecule has 4 aromatic rings. The minimum absolute atomic E-state index is 0.158. The van der Waals surface area contributed by atoms with Gasteiger partial charge in [-0.05, 0) is 78.4 Å². The van der Waals surface area contributed by atoms with Crippen molar-refractivity contribution in [1.29, 1.82) is 0 Å². The molecule has 3 aromatic carbocycles. The lowest BCUT2D eigenvalue weighted by atomic mass is 10.1. The summed E-state index contributed by atoms with van der Waals surface area (Å²) in [5.41, 5.74) is 3.05. The minimum Gasteiger partial charge on any atom is -0.497 e. The van der Waals surface area contributed by atoms with Gasteiger partial charge in [0.2, 0.25) is 0 Å². The van der Waals surface area contributed by atoms with E-state index in [1.165, 1.54) is 0 Å². The Hall–Kier alpha value is -4.04. The molecule has 0 spiro atoms. The van der Waals surface area contributed by atoms with E-state index in [-0.39, 0.29) is 5.56 Å². The SMILES string of the molecule is COc1ccc(CN(Cc2cc3cc(OC)ccc3[nH]c2=O)C(=S)Nc2ccc(OC)cc2)cc1. The van der Waals surface area contributed by atoms with E-state index in [4.69, 9.17) is 26.4 Å². The zero-order chi connectivity index (χ0) is 24.8. The zero-order valence-electron chi connectivity index (χ0n) is 19.8. The lowest BCUT2D eigenvalue weighted by molar-refractivity contribution is 0.406. The number of thiocarbonyl (C=S) groups is 1. The molecule has 8 heteroatoms. The highest BCUT2D eigenvalue weighted by Gasteiger charge is 2.15. The number of hydrogen-bond acceptors (Lipinski definition) is 5. The van der Waals surface area contributed by atoms with Gasteiger partial charge in [-0.2, -0.15) is 0 Å². The minimum atomic E-state index is -0.158. The third kappa shape index (κ3) is 5.91. The zero-order valence-corrected chi connectivity index (χ0v) is 20.6. The van der Waals surface area contributed by atoms with E-state index < -0.39 is 0 Å². The van der Waals surface area contributed by atoms with Gasteiger partial charge in [0, 0.05) is 28.7 Å². The summed E-state index contributed by atoms with van der Waals surface area (Å²) < 4.78 is 15.8. The maximum atomic E-state index is 12.9. The predicted octanol–water partition coefficient (Wildman–Crippen LogP) is 4.95. The lowest BCUT2D eigenvalue weighted by Crippen LogP contribution is -2.35. The standard InChI is InChI=1S/C27H27N3O4S/c1-32-22-8-4-18(5-9-22)16-30(27(35)28-21-6-10-23(33-2)11-7-21)17-20-14-19-15-24(34-3)12-13-25(19)29-26(20)31/h4-15H,16-17H2,1-3H3,(H,28,35)(H,29,31). The number of fused-ring (bicyclic) bond motifs is 1. The number of pyridine rings is 1. The Morgan fingerprint density at radius 2 is 1.43 bits per heavy atom. The van der Waals surface area contributed by atoms with Gasteiger partial charge in [-0.3, -0.25) is 4.79 Å². The summed E-state index contributed by atoms with van der Waals surface area (Å²) in [6.07, 6.45) is 0. The molecule has 0 aliphatic rings. The van der Waals surface area contributed by atoms with Crippen molar-refractivity contribution in [3.05, 3.63) is 94.3 Å². The van der Waals surface area contributed by atoms with Crippen molar-refractivity contribution >= 4 is 33.9 Å². The maximum absolute atomic E-state index is 12.9. The maximum Gasteiger partial charge on any atom is 0.253 e. The van der Waals surface area contributed by atoms with Gasteiger partial charge < -0.3 is 29.4 Å². The van der Waals surface area contributed by atoms with E-state index in [1.807, 2.05) is 77.7 Å². The van der Waals surface area contributed by atoms with Crippen LogP contribution in [-0.2, 0) is 13.1 Å². The van der Waals surface area contributed by atoms with Crippen LogP contribution in [0.25, 0.3) is 10.9 Å². The molecule has 0 fully saturated rings. The van der Waals surface area contributed by atoms with E-state index >= 15 is 0 Å². The first-order valence-electron chi connectivity index (χ1n) is 11.0. The third-order valence-electron chi connectivity index (χ3n) is 5.65. The van der Waals surface area contributed by atoms with E-state index in [0.717, 1.165) is 39.4 Å². The number of hydrogen-bond donors (Lipinski definition) is 2. The number of methoxy groups -OCH3 is 3. The Kier molecular flexibility index (Phi) is 7.52. The fourth-order valence-corrected chi connectivity index (χ4v) is 3.95. The van der Waals surface area contributed by atoms with Gasteiger partial charge in [-0.15, -0.1) is 0 Å². The molecule has 4 rings (SSSR count). The third-order valence-corrected chi connectivity index (χ3v) is 6.01. The van der Waals surface area contributed by atoms with Crippen LogP contribution in [0.3, 0.4) is 0 Å². The van der Waals surface area contributed by atoms with Crippen molar-refractivity contribution in [1.82, 2.24) is 9.88 Å². The van der Waals surface area contributed by atoms with Crippen LogP contribution in [0.4, 0.5) is 5.69 Å². The topological polar surface area (TPSA) is 75.8 Å². The van der Waals surface area contributed by atoms with E-state index in [0.29, 0.717) is 23.8 Å². The number of benzene rings is 3. The highest BCUT2D eigenvalue weighted by molar-refractivity contribution is 7.80. The van der Waals surface area contributed by atoms with Crippen LogP contribution < -0.4 is 25.1 Å². The van der Waals surface area contributed by atoms with Crippen molar-refractivity contribution < 1.29 is 14.2 Å². The molecule has 180 valence electrons. The van der Waals surface area contributed by atoms with Crippen LogP contribution >= 0.6 is 12.2 Å². The summed E-state index contributed by atoms with van der Waals surface area (Å²) >= 11 is 5.77.